The Morgan fingerprint density at radius 3 is 1.57 bits per heavy atom. The van der Waals surface area contributed by atoms with Crippen LogP contribution in [0.3, 0.4) is 0 Å². The fourth-order valence-corrected chi connectivity index (χ4v) is 0. The van der Waals surface area contributed by atoms with Crippen molar-refractivity contribution in [1.82, 2.24) is 0 Å². The zero-order valence-corrected chi connectivity index (χ0v) is 5.31. The first-order chi connectivity index (χ1) is 2.94. The first kappa shape index (κ1) is 7.31. The van der Waals surface area contributed by atoms with Crippen LogP contribution in [0, 0.1) is 0 Å². The van der Waals surface area contributed by atoms with E-state index in [9.17, 15) is 0 Å². The molecule has 0 aromatic carbocycles. The van der Waals surface area contributed by atoms with Crippen molar-refractivity contribution in [2.45, 2.75) is 19.1 Å². The maximum absolute atomic E-state index is 8.38. The molecule has 0 aliphatic carbocycles. The van der Waals surface area contributed by atoms with Crippen LogP contribution in [0.2, 0.25) is 0 Å². The van der Waals surface area contributed by atoms with Crippen molar-refractivity contribution in [2.75, 3.05) is 0 Å². The van der Waals surface area contributed by atoms with Crippen LogP contribution in [0.25, 0.3) is 0 Å². The molecule has 0 bridgehead atoms. The standard InChI is InChI=1S/C3H10NO2P/c1-3(2,4)7(5)6/h5-6H,4H2,1-2H3. The minimum Gasteiger partial charge on any atom is -0.349 e. The molecule has 3 nitrogen and oxygen atoms in total. The molecule has 44 valence electrons. The molecule has 0 spiro atoms. The zero-order chi connectivity index (χ0) is 6.08. The third-order valence-electron chi connectivity index (χ3n) is 0.515. The lowest BCUT2D eigenvalue weighted by atomic mass is 10.4. The molecular weight excluding hydrogens is 113 g/mol. The van der Waals surface area contributed by atoms with Crippen LogP contribution in [0.1, 0.15) is 13.8 Å². The summed E-state index contributed by atoms with van der Waals surface area (Å²) in [5.41, 5.74) is 5.21. The van der Waals surface area contributed by atoms with E-state index in [-0.39, 0.29) is 0 Å². The lowest BCUT2D eigenvalue weighted by Gasteiger charge is -2.18. The third kappa shape index (κ3) is 2.94. The van der Waals surface area contributed by atoms with Crippen molar-refractivity contribution in [2.24, 2.45) is 5.73 Å². The lowest BCUT2D eigenvalue weighted by Crippen LogP contribution is -2.28. The Balaban J connectivity index is 3.54. The van der Waals surface area contributed by atoms with Gasteiger partial charge < -0.3 is 15.5 Å². The van der Waals surface area contributed by atoms with Crippen LogP contribution in [0.5, 0.6) is 0 Å². The molecule has 0 heterocycles. The summed E-state index contributed by atoms with van der Waals surface area (Å²) in [5.74, 6) is 0. The minimum atomic E-state index is -1.96. The summed E-state index contributed by atoms with van der Waals surface area (Å²) in [6, 6.07) is 0. The molecule has 0 aromatic rings. The van der Waals surface area contributed by atoms with E-state index in [1.165, 1.54) is 0 Å². The lowest BCUT2D eigenvalue weighted by molar-refractivity contribution is 0.439. The highest BCUT2D eigenvalue weighted by atomic mass is 31.2. The van der Waals surface area contributed by atoms with Crippen LogP contribution >= 0.6 is 8.38 Å². The molecule has 0 rings (SSSR count). The number of hydrogen-bond donors (Lipinski definition) is 3. The zero-order valence-electron chi connectivity index (χ0n) is 4.42. The number of hydrogen-bond acceptors (Lipinski definition) is 3. The highest BCUT2D eigenvalue weighted by molar-refractivity contribution is 7.46. The molecular formula is C3H10NO2P. The van der Waals surface area contributed by atoms with Gasteiger partial charge in [0.2, 0.25) is 0 Å². The van der Waals surface area contributed by atoms with Gasteiger partial charge in [-0.05, 0) is 13.8 Å². The maximum Gasteiger partial charge on any atom is 0.185 e. The second-order valence-corrected chi connectivity index (χ2v) is 3.67. The molecule has 0 amide bonds. The van der Waals surface area contributed by atoms with Crippen molar-refractivity contribution in [3.63, 3.8) is 0 Å². The Bertz CT molecular complexity index is 58.4. The average molecular weight is 123 g/mol. The predicted octanol–water partition coefficient (Wildman–Crippen LogP) is -0.0223. The van der Waals surface area contributed by atoms with Crippen molar-refractivity contribution in [3.05, 3.63) is 0 Å². The van der Waals surface area contributed by atoms with Crippen LogP contribution in [0.4, 0.5) is 0 Å². The number of rotatable bonds is 1. The van der Waals surface area contributed by atoms with Crippen molar-refractivity contribution in [1.29, 1.82) is 0 Å². The summed E-state index contributed by atoms with van der Waals surface area (Å²) >= 11 is 0. The van der Waals surface area contributed by atoms with E-state index in [1.807, 2.05) is 0 Å². The predicted molar refractivity (Wildman–Crippen MR) is 29.6 cm³/mol. The highest BCUT2D eigenvalue weighted by Gasteiger charge is 2.20. The Kier molecular flexibility index (Phi) is 2.14. The molecule has 0 fully saturated rings. The Labute approximate surface area is 44.1 Å². The summed E-state index contributed by atoms with van der Waals surface area (Å²) in [4.78, 5) is 16.8. The van der Waals surface area contributed by atoms with Crippen molar-refractivity contribution >= 4 is 8.38 Å². The molecule has 0 atom stereocenters. The van der Waals surface area contributed by atoms with Gasteiger partial charge in [0.25, 0.3) is 0 Å². The highest BCUT2D eigenvalue weighted by Crippen LogP contribution is 2.36. The molecule has 0 aliphatic rings. The quantitative estimate of drug-likeness (QED) is 0.429. The smallest absolute Gasteiger partial charge is 0.185 e. The summed E-state index contributed by atoms with van der Waals surface area (Å²) in [7, 11) is -1.96. The van der Waals surface area contributed by atoms with E-state index in [4.69, 9.17) is 15.5 Å². The average Bonchev–Trinajstić information content (AvgIpc) is 1.31. The van der Waals surface area contributed by atoms with Crippen LogP contribution < -0.4 is 5.73 Å². The minimum absolute atomic E-state index is 0.824. The van der Waals surface area contributed by atoms with Crippen LogP contribution in [0.15, 0.2) is 0 Å². The largest absolute Gasteiger partial charge is 0.349 e. The van der Waals surface area contributed by atoms with Gasteiger partial charge in [-0.15, -0.1) is 0 Å². The fourth-order valence-electron chi connectivity index (χ4n) is 0. The van der Waals surface area contributed by atoms with Crippen molar-refractivity contribution in [3.8, 4) is 0 Å². The summed E-state index contributed by atoms with van der Waals surface area (Å²) in [6.07, 6.45) is 0. The second kappa shape index (κ2) is 2.05. The van der Waals surface area contributed by atoms with Gasteiger partial charge in [0.1, 0.15) is 0 Å². The van der Waals surface area contributed by atoms with Gasteiger partial charge in [-0.1, -0.05) is 0 Å². The molecule has 4 heteroatoms. The summed E-state index contributed by atoms with van der Waals surface area (Å²) < 4.78 is 0. The molecule has 0 saturated carbocycles. The van der Waals surface area contributed by atoms with Gasteiger partial charge in [0, 0.05) is 0 Å². The van der Waals surface area contributed by atoms with Gasteiger partial charge in [-0.25, -0.2) is 0 Å². The van der Waals surface area contributed by atoms with E-state index >= 15 is 0 Å². The van der Waals surface area contributed by atoms with E-state index in [2.05, 4.69) is 0 Å². The van der Waals surface area contributed by atoms with E-state index in [0.717, 1.165) is 0 Å². The van der Waals surface area contributed by atoms with E-state index in [1.54, 1.807) is 13.8 Å². The molecule has 0 aromatic heterocycles. The fraction of sp³-hybridized carbons (Fsp3) is 1.00. The Hall–Kier alpha value is 0.310. The van der Waals surface area contributed by atoms with Gasteiger partial charge in [-0.3, -0.25) is 0 Å². The van der Waals surface area contributed by atoms with Crippen LogP contribution in [-0.4, -0.2) is 15.1 Å². The first-order valence-electron chi connectivity index (χ1n) is 1.91. The maximum atomic E-state index is 8.38. The normalized spacial score (nSPS) is 12.9. The third-order valence-corrected chi connectivity index (χ3v) is 1.55. The molecule has 7 heavy (non-hydrogen) atoms. The Morgan fingerprint density at radius 2 is 1.57 bits per heavy atom. The molecule has 0 aliphatic heterocycles. The molecule has 0 saturated heterocycles. The molecule has 4 N–H and O–H groups in total. The van der Waals surface area contributed by atoms with Gasteiger partial charge in [0.15, 0.2) is 8.38 Å². The number of nitrogens with two attached hydrogens (primary N) is 1. The van der Waals surface area contributed by atoms with Crippen molar-refractivity contribution < 1.29 is 9.79 Å². The monoisotopic (exact) mass is 123 g/mol. The van der Waals surface area contributed by atoms with E-state index in [0.29, 0.717) is 0 Å². The molecule has 0 unspecified atom stereocenters. The topological polar surface area (TPSA) is 66.5 Å². The van der Waals surface area contributed by atoms with Crippen LogP contribution in [-0.2, 0) is 0 Å². The first-order valence-corrected chi connectivity index (χ1v) is 3.16. The summed E-state index contributed by atoms with van der Waals surface area (Å²) in [5, 5.41) is -0.824. The van der Waals surface area contributed by atoms with E-state index < -0.39 is 13.7 Å². The summed E-state index contributed by atoms with van der Waals surface area (Å²) in [6.45, 7) is 3.14. The van der Waals surface area contributed by atoms with Gasteiger partial charge in [0.05, 0.1) is 5.28 Å². The van der Waals surface area contributed by atoms with Gasteiger partial charge in [-0.2, -0.15) is 0 Å². The second-order valence-electron chi connectivity index (χ2n) is 1.94. The Morgan fingerprint density at radius 1 is 1.43 bits per heavy atom. The van der Waals surface area contributed by atoms with Gasteiger partial charge >= 0.3 is 0 Å². The molecule has 0 radical (unpaired) electrons. The SMILES string of the molecule is CC(C)(N)P(O)O.